The number of nitrogens with two attached hydrogens (primary N) is 1. The van der Waals surface area contributed by atoms with Crippen molar-refractivity contribution in [2.45, 2.75) is 32.4 Å². The molecule has 1 aliphatic heterocycles. The van der Waals surface area contributed by atoms with E-state index in [0.29, 0.717) is 12.0 Å². The van der Waals surface area contributed by atoms with Crippen LogP contribution in [-0.2, 0) is 0 Å². The Morgan fingerprint density at radius 3 is 3.00 bits per heavy atom. The fourth-order valence-corrected chi connectivity index (χ4v) is 1.92. The van der Waals surface area contributed by atoms with Gasteiger partial charge >= 0.3 is 0 Å². The van der Waals surface area contributed by atoms with E-state index in [1.165, 1.54) is 0 Å². The number of nitrogens with zero attached hydrogens (tertiary/aromatic N) is 2. The summed E-state index contributed by atoms with van der Waals surface area (Å²) >= 11 is 0. The molecule has 5 nitrogen and oxygen atoms in total. The minimum Gasteiger partial charge on any atom is -0.369 e. The summed E-state index contributed by atoms with van der Waals surface area (Å²) in [6, 6.07) is 2.71. The first kappa shape index (κ1) is 12.4. The molecule has 2 rings (SSSR count). The van der Waals surface area contributed by atoms with Crippen molar-refractivity contribution in [3.8, 4) is 0 Å². The zero-order valence-electron chi connectivity index (χ0n) is 10.7. The average Bonchev–Trinajstić information content (AvgIpc) is 2.70. The van der Waals surface area contributed by atoms with Crippen molar-refractivity contribution in [1.29, 1.82) is 0 Å². The van der Waals surface area contributed by atoms with Crippen LogP contribution in [0.2, 0.25) is 0 Å². The van der Waals surface area contributed by atoms with Crippen LogP contribution in [0.3, 0.4) is 0 Å². The summed E-state index contributed by atoms with van der Waals surface area (Å²) in [5.74, 6) is 1.62. The van der Waals surface area contributed by atoms with Crippen LogP contribution in [0.15, 0.2) is 12.3 Å². The number of hydrogen-bond donors (Lipinski definition) is 3. The maximum absolute atomic E-state index is 6.11. The quantitative estimate of drug-likeness (QED) is 0.685. The van der Waals surface area contributed by atoms with Gasteiger partial charge in [-0.05, 0) is 5.92 Å². The Morgan fingerprint density at radius 2 is 2.41 bits per heavy atom. The van der Waals surface area contributed by atoms with E-state index in [0.717, 1.165) is 31.9 Å². The molecule has 0 saturated carbocycles. The molecular formula is C12H23N5. The predicted octanol–water partition coefficient (Wildman–Crippen LogP) is 0.813. The lowest BCUT2D eigenvalue weighted by Crippen LogP contribution is -2.44. The van der Waals surface area contributed by atoms with E-state index in [4.69, 9.17) is 5.73 Å². The molecule has 0 amide bonds. The molecule has 1 aromatic heterocycles. The highest BCUT2D eigenvalue weighted by Gasteiger charge is 2.21. The monoisotopic (exact) mass is 237 g/mol. The highest BCUT2D eigenvalue weighted by Crippen LogP contribution is 2.17. The first-order valence-corrected chi connectivity index (χ1v) is 6.46. The van der Waals surface area contributed by atoms with Crippen LogP contribution < -0.4 is 16.4 Å². The Morgan fingerprint density at radius 1 is 1.65 bits per heavy atom. The lowest BCUT2D eigenvalue weighted by molar-refractivity contribution is 0.321. The van der Waals surface area contributed by atoms with Gasteiger partial charge < -0.3 is 16.4 Å². The highest BCUT2D eigenvalue weighted by molar-refractivity contribution is 5.35. The van der Waals surface area contributed by atoms with Gasteiger partial charge in [-0.15, -0.1) is 0 Å². The van der Waals surface area contributed by atoms with Crippen molar-refractivity contribution < 1.29 is 0 Å². The van der Waals surface area contributed by atoms with Crippen molar-refractivity contribution >= 4 is 5.82 Å². The van der Waals surface area contributed by atoms with Crippen LogP contribution in [0.1, 0.15) is 26.3 Å². The molecule has 17 heavy (non-hydrogen) atoms. The molecule has 4 N–H and O–H groups in total. The van der Waals surface area contributed by atoms with E-state index < -0.39 is 0 Å². The molecule has 0 bridgehead atoms. The van der Waals surface area contributed by atoms with Crippen molar-refractivity contribution in [3.05, 3.63) is 12.3 Å². The van der Waals surface area contributed by atoms with Crippen molar-refractivity contribution in [3.63, 3.8) is 0 Å². The fraction of sp³-hybridized carbons (Fsp3) is 0.750. The van der Waals surface area contributed by atoms with E-state index in [9.17, 15) is 0 Å². The zero-order chi connectivity index (χ0) is 12.3. The van der Waals surface area contributed by atoms with Crippen LogP contribution in [0.4, 0.5) is 5.82 Å². The zero-order valence-corrected chi connectivity index (χ0v) is 10.7. The van der Waals surface area contributed by atoms with Gasteiger partial charge in [0.25, 0.3) is 0 Å². The second kappa shape index (κ2) is 5.51. The van der Waals surface area contributed by atoms with Gasteiger partial charge in [-0.3, -0.25) is 0 Å². The van der Waals surface area contributed by atoms with E-state index in [-0.39, 0.29) is 6.04 Å². The molecule has 0 aromatic carbocycles. The molecular weight excluding hydrogens is 214 g/mol. The smallest absolute Gasteiger partial charge is 0.124 e. The van der Waals surface area contributed by atoms with Crippen LogP contribution in [0, 0.1) is 5.92 Å². The van der Waals surface area contributed by atoms with E-state index in [1.54, 1.807) is 0 Å². The third-order valence-corrected chi connectivity index (χ3v) is 3.67. The van der Waals surface area contributed by atoms with E-state index in [1.807, 2.05) is 12.3 Å². The average molecular weight is 237 g/mol. The minimum atomic E-state index is 0.197. The summed E-state index contributed by atoms with van der Waals surface area (Å²) in [4.78, 5) is 0. The first-order valence-electron chi connectivity index (χ1n) is 6.46. The molecule has 1 aromatic rings. The third kappa shape index (κ3) is 2.79. The molecule has 1 saturated heterocycles. The molecule has 1 fully saturated rings. The molecule has 2 atom stereocenters. The normalized spacial score (nSPS) is 19.7. The number of hydrogen-bond acceptors (Lipinski definition) is 4. The molecule has 0 aliphatic carbocycles. The second-order valence-electron chi connectivity index (χ2n) is 4.90. The summed E-state index contributed by atoms with van der Waals surface area (Å²) < 4.78 is 2.06. The lowest BCUT2D eigenvalue weighted by Gasteiger charge is -2.29. The predicted molar refractivity (Wildman–Crippen MR) is 70.1 cm³/mol. The Bertz CT molecular complexity index is 344. The molecule has 1 unspecified atom stereocenters. The number of aromatic nitrogens is 2. The maximum Gasteiger partial charge on any atom is 0.124 e. The highest BCUT2D eigenvalue weighted by atomic mass is 15.4. The van der Waals surface area contributed by atoms with Crippen molar-refractivity contribution in [2.75, 3.05) is 25.0 Å². The van der Waals surface area contributed by atoms with Gasteiger partial charge in [0.2, 0.25) is 0 Å². The molecule has 2 heterocycles. The fourth-order valence-electron chi connectivity index (χ4n) is 1.92. The Hall–Kier alpha value is -1.07. The minimum absolute atomic E-state index is 0.197. The molecule has 0 radical (unpaired) electrons. The molecule has 5 heteroatoms. The number of nitrogens with one attached hydrogen (secondary N) is 2. The summed E-state index contributed by atoms with van der Waals surface area (Å²) in [6.07, 6.45) is 2.96. The molecule has 96 valence electrons. The lowest BCUT2D eigenvalue weighted by atomic mass is 10.0. The van der Waals surface area contributed by atoms with Gasteiger partial charge in [0.1, 0.15) is 5.82 Å². The van der Waals surface area contributed by atoms with Gasteiger partial charge in [0.15, 0.2) is 0 Å². The van der Waals surface area contributed by atoms with Crippen LogP contribution in [0.25, 0.3) is 0 Å². The van der Waals surface area contributed by atoms with Gasteiger partial charge in [0, 0.05) is 31.7 Å². The topological polar surface area (TPSA) is 67.9 Å². The summed E-state index contributed by atoms with van der Waals surface area (Å²) in [7, 11) is 0. The molecule has 0 spiro atoms. The summed E-state index contributed by atoms with van der Waals surface area (Å²) in [5.41, 5.74) is 6.11. The van der Waals surface area contributed by atoms with Crippen LogP contribution in [0.5, 0.6) is 0 Å². The van der Waals surface area contributed by atoms with E-state index >= 15 is 0 Å². The van der Waals surface area contributed by atoms with Crippen molar-refractivity contribution in [1.82, 2.24) is 15.1 Å². The van der Waals surface area contributed by atoms with E-state index in [2.05, 4.69) is 34.3 Å². The Balaban J connectivity index is 1.88. The SMILES string of the molecule is CCC(C)[C@H](N)CNc1ccnn1C1CNC1. The van der Waals surface area contributed by atoms with Gasteiger partial charge in [0.05, 0.1) is 12.2 Å². The largest absolute Gasteiger partial charge is 0.369 e. The third-order valence-electron chi connectivity index (χ3n) is 3.67. The van der Waals surface area contributed by atoms with Gasteiger partial charge in [-0.2, -0.15) is 5.10 Å². The van der Waals surface area contributed by atoms with Crippen LogP contribution >= 0.6 is 0 Å². The Labute approximate surface area is 103 Å². The summed E-state index contributed by atoms with van der Waals surface area (Å²) in [6.45, 7) is 7.19. The Kier molecular flexibility index (Phi) is 4.02. The van der Waals surface area contributed by atoms with Gasteiger partial charge in [-0.1, -0.05) is 20.3 Å². The number of rotatable bonds is 6. The maximum atomic E-state index is 6.11. The second-order valence-corrected chi connectivity index (χ2v) is 4.90. The summed E-state index contributed by atoms with van der Waals surface area (Å²) in [5, 5.41) is 11.0. The first-order chi connectivity index (χ1) is 8.22. The van der Waals surface area contributed by atoms with Crippen molar-refractivity contribution in [2.24, 2.45) is 11.7 Å². The van der Waals surface area contributed by atoms with Gasteiger partial charge in [-0.25, -0.2) is 4.68 Å². The van der Waals surface area contributed by atoms with Crippen LogP contribution in [-0.4, -0.2) is 35.5 Å². The number of anilines is 1. The standard InChI is InChI=1S/C12H23N5/c1-3-9(2)11(13)8-15-12-4-5-16-17(12)10-6-14-7-10/h4-5,9-11,14-15H,3,6-8,13H2,1-2H3/t9?,11-/m1/s1. The molecule has 1 aliphatic rings.